The summed E-state index contributed by atoms with van der Waals surface area (Å²) in [6.45, 7) is 5.71. The van der Waals surface area contributed by atoms with Gasteiger partial charge in [-0.25, -0.2) is 0 Å². The Morgan fingerprint density at radius 2 is 1.96 bits per heavy atom. The van der Waals surface area contributed by atoms with Crippen LogP contribution in [0.15, 0.2) is 17.1 Å². The van der Waals surface area contributed by atoms with Crippen LogP contribution < -0.4 is 11.3 Å². The van der Waals surface area contributed by atoms with Crippen LogP contribution in [-0.2, 0) is 13.6 Å². The average Bonchev–Trinajstić information content (AvgIpc) is 2.45. The highest BCUT2D eigenvalue weighted by atomic mass is 32.1. The number of hydrogen-bond donors (Lipinski definition) is 2. The summed E-state index contributed by atoms with van der Waals surface area (Å²) in [5.74, 6) is 0. The van der Waals surface area contributed by atoms with Crippen molar-refractivity contribution in [2.75, 3.05) is 13.2 Å². The molecule has 3 N–H and O–H groups in total. The van der Waals surface area contributed by atoms with Crippen molar-refractivity contribution in [3.05, 3.63) is 27.4 Å². The molecule has 0 aliphatic rings. The molecule has 0 aliphatic heterocycles. The van der Waals surface area contributed by atoms with Crippen molar-refractivity contribution in [3.63, 3.8) is 0 Å². The summed E-state index contributed by atoms with van der Waals surface area (Å²) >= 11 is 10.3. The molecule has 1 aromatic rings. The maximum atomic E-state index is 13.2. The van der Waals surface area contributed by atoms with Crippen molar-refractivity contribution >= 4 is 37.0 Å². The van der Waals surface area contributed by atoms with Crippen molar-refractivity contribution in [1.82, 2.24) is 9.55 Å². The highest BCUT2D eigenvalue weighted by Crippen LogP contribution is 2.57. The van der Waals surface area contributed by atoms with Crippen molar-refractivity contribution < 1.29 is 13.6 Å². The zero-order valence-corrected chi connectivity index (χ0v) is 15.9. The van der Waals surface area contributed by atoms with E-state index in [2.05, 4.69) is 4.98 Å². The average molecular weight is 379 g/mol. The monoisotopic (exact) mass is 379 g/mol. The second kappa shape index (κ2) is 8.84. The molecule has 130 valence electrons. The Labute approximate surface area is 145 Å². The summed E-state index contributed by atoms with van der Waals surface area (Å²) < 4.78 is 25.8. The SMILES string of the molecule is CCOP(=O)(OCC)C(C(N)=S)C(CC)n1ccc(=O)[nH]c1=S. The molecule has 2 unspecified atom stereocenters. The number of hydrogen-bond acceptors (Lipinski definition) is 6. The number of aromatic amines is 1. The van der Waals surface area contributed by atoms with Gasteiger partial charge in [-0.1, -0.05) is 19.1 Å². The minimum absolute atomic E-state index is 0.0233. The number of aromatic nitrogens is 2. The number of thiocarbonyl (C=S) groups is 1. The third-order valence-corrected chi connectivity index (χ3v) is 6.52. The zero-order valence-electron chi connectivity index (χ0n) is 13.4. The Balaban J connectivity index is 3.45. The van der Waals surface area contributed by atoms with E-state index in [0.29, 0.717) is 6.42 Å². The van der Waals surface area contributed by atoms with Crippen molar-refractivity contribution in [1.29, 1.82) is 0 Å². The van der Waals surface area contributed by atoms with E-state index >= 15 is 0 Å². The fourth-order valence-electron chi connectivity index (χ4n) is 2.37. The molecule has 0 saturated heterocycles. The molecular weight excluding hydrogens is 357 g/mol. The second-order valence-electron chi connectivity index (χ2n) is 4.72. The maximum absolute atomic E-state index is 13.2. The van der Waals surface area contributed by atoms with Gasteiger partial charge in [0, 0.05) is 12.3 Å². The fourth-order valence-corrected chi connectivity index (χ4v) is 5.42. The third-order valence-electron chi connectivity index (χ3n) is 3.24. The third kappa shape index (κ3) is 4.81. The first kappa shape index (κ1) is 20.2. The Kier molecular flexibility index (Phi) is 7.76. The molecule has 10 heteroatoms. The van der Waals surface area contributed by atoms with Crippen molar-refractivity contribution in [2.24, 2.45) is 5.73 Å². The molecule has 0 aromatic carbocycles. The lowest BCUT2D eigenvalue weighted by molar-refractivity contribution is 0.210. The van der Waals surface area contributed by atoms with Gasteiger partial charge in [0.1, 0.15) is 5.66 Å². The predicted molar refractivity (Wildman–Crippen MR) is 96.6 cm³/mol. The molecule has 1 aromatic heterocycles. The van der Waals surface area contributed by atoms with Gasteiger partial charge in [-0.15, -0.1) is 0 Å². The van der Waals surface area contributed by atoms with Gasteiger partial charge in [0.25, 0.3) is 5.56 Å². The van der Waals surface area contributed by atoms with Crippen molar-refractivity contribution in [3.8, 4) is 0 Å². The van der Waals surface area contributed by atoms with Gasteiger partial charge in [-0.3, -0.25) is 14.3 Å². The Hall–Kier alpha value is -0.860. The summed E-state index contributed by atoms with van der Waals surface area (Å²) in [6, 6.07) is 0.877. The summed E-state index contributed by atoms with van der Waals surface area (Å²) in [5, 5.41) is 0. The van der Waals surface area contributed by atoms with E-state index in [-0.39, 0.29) is 28.5 Å². The van der Waals surface area contributed by atoms with Gasteiger partial charge in [0.2, 0.25) is 0 Å². The smallest absolute Gasteiger partial charge is 0.342 e. The molecule has 0 bridgehead atoms. The van der Waals surface area contributed by atoms with Gasteiger partial charge in [0.15, 0.2) is 4.77 Å². The zero-order chi connectivity index (χ0) is 17.6. The molecule has 0 saturated carbocycles. The number of rotatable bonds is 9. The number of nitrogens with two attached hydrogens (primary N) is 1. The first-order valence-electron chi connectivity index (χ1n) is 7.30. The number of nitrogens with one attached hydrogen (secondary N) is 1. The van der Waals surface area contributed by atoms with E-state index in [4.69, 9.17) is 39.2 Å². The van der Waals surface area contributed by atoms with Crippen LogP contribution in [0.3, 0.4) is 0 Å². The highest BCUT2D eigenvalue weighted by molar-refractivity contribution is 7.81. The molecule has 7 nitrogen and oxygen atoms in total. The highest BCUT2D eigenvalue weighted by Gasteiger charge is 2.43. The lowest BCUT2D eigenvalue weighted by Crippen LogP contribution is -2.37. The number of nitrogens with zero attached hydrogens (tertiary/aromatic N) is 1. The quantitative estimate of drug-likeness (QED) is 0.503. The van der Waals surface area contributed by atoms with Crippen LogP contribution in [0, 0.1) is 4.77 Å². The predicted octanol–water partition coefficient (Wildman–Crippen LogP) is 2.78. The van der Waals surface area contributed by atoms with Crippen molar-refractivity contribution in [2.45, 2.75) is 38.9 Å². The van der Waals surface area contributed by atoms with E-state index in [1.54, 1.807) is 18.4 Å². The standard InChI is InChI=1S/C13H22N3O4PS2/c1-4-9(16-8-7-10(17)15-13(16)23)11(12(14)22)21(18,19-5-2)20-6-3/h7-9,11H,4-6H2,1-3H3,(H2,14,22)(H,15,17,23). The molecule has 23 heavy (non-hydrogen) atoms. The summed E-state index contributed by atoms with van der Waals surface area (Å²) in [7, 11) is -3.58. The summed E-state index contributed by atoms with van der Waals surface area (Å²) in [4.78, 5) is 13.9. The van der Waals surface area contributed by atoms with Crippen LogP contribution in [0.4, 0.5) is 0 Å². The molecule has 0 radical (unpaired) electrons. The van der Waals surface area contributed by atoms with E-state index in [1.807, 2.05) is 6.92 Å². The topological polar surface area (TPSA) is 99.3 Å². The molecule has 0 amide bonds. The van der Waals surface area contributed by atoms with Crippen LogP contribution in [0.1, 0.15) is 33.2 Å². The first-order chi connectivity index (χ1) is 10.8. The molecule has 0 spiro atoms. The largest absolute Gasteiger partial charge is 0.392 e. The first-order valence-corrected chi connectivity index (χ1v) is 9.73. The molecule has 0 fully saturated rings. The van der Waals surface area contributed by atoms with Crippen LogP contribution >= 0.6 is 32.0 Å². The molecule has 0 aliphatic carbocycles. The Morgan fingerprint density at radius 1 is 1.39 bits per heavy atom. The fraction of sp³-hybridized carbons (Fsp3) is 0.615. The maximum Gasteiger partial charge on any atom is 0.342 e. The molecule has 2 atom stereocenters. The van der Waals surface area contributed by atoms with Crippen LogP contribution in [0.25, 0.3) is 0 Å². The van der Waals surface area contributed by atoms with Gasteiger partial charge < -0.3 is 19.3 Å². The van der Waals surface area contributed by atoms with E-state index in [0.717, 1.165) is 0 Å². The molecule has 1 rings (SSSR count). The van der Waals surface area contributed by atoms with E-state index in [9.17, 15) is 9.36 Å². The lowest BCUT2D eigenvalue weighted by Gasteiger charge is -2.32. The summed E-state index contributed by atoms with van der Waals surface area (Å²) in [6.07, 6.45) is 2.05. The minimum Gasteiger partial charge on any atom is -0.392 e. The Bertz CT molecular complexity index is 693. The summed E-state index contributed by atoms with van der Waals surface area (Å²) in [5.41, 5.74) is 4.70. The molecular formula is C13H22N3O4PS2. The van der Waals surface area contributed by atoms with E-state index < -0.39 is 19.3 Å². The normalized spacial score (nSPS) is 14.4. The van der Waals surface area contributed by atoms with Gasteiger partial charge in [0.05, 0.1) is 24.2 Å². The van der Waals surface area contributed by atoms with Crippen LogP contribution in [0.5, 0.6) is 0 Å². The number of H-pyrrole nitrogens is 1. The van der Waals surface area contributed by atoms with Crippen LogP contribution in [-0.4, -0.2) is 33.4 Å². The van der Waals surface area contributed by atoms with Gasteiger partial charge in [-0.05, 0) is 32.5 Å². The van der Waals surface area contributed by atoms with E-state index in [1.165, 1.54) is 12.3 Å². The van der Waals surface area contributed by atoms with Crippen LogP contribution in [0.2, 0.25) is 0 Å². The minimum atomic E-state index is -3.58. The van der Waals surface area contributed by atoms with Gasteiger partial charge >= 0.3 is 7.60 Å². The second-order valence-corrected chi connectivity index (χ2v) is 7.73. The lowest BCUT2D eigenvalue weighted by atomic mass is 10.1. The Morgan fingerprint density at radius 3 is 2.35 bits per heavy atom. The van der Waals surface area contributed by atoms with Gasteiger partial charge in [-0.2, -0.15) is 0 Å². The molecule has 1 heterocycles.